The molecule has 0 aliphatic carbocycles. The summed E-state index contributed by atoms with van der Waals surface area (Å²) in [4.78, 5) is 11.8. The number of hydrogen-bond acceptors (Lipinski definition) is 3. The van der Waals surface area contributed by atoms with Gasteiger partial charge < -0.3 is 9.84 Å². The second-order valence-corrected chi connectivity index (χ2v) is 4.10. The van der Waals surface area contributed by atoms with Crippen molar-refractivity contribution in [1.29, 1.82) is 0 Å². The fraction of sp³-hybridized carbons (Fsp3) is 0.0714. The third kappa shape index (κ3) is 2.81. The molecule has 2 aromatic rings. The minimum absolute atomic E-state index is 0.0680. The second-order valence-electron chi connectivity index (χ2n) is 3.70. The first-order chi connectivity index (χ1) is 8.68. The Labute approximate surface area is 110 Å². The van der Waals surface area contributed by atoms with Crippen LogP contribution in [0.5, 0.6) is 5.75 Å². The number of halogens is 1. The van der Waals surface area contributed by atoms with Crippen molar-refractivity contribution in [3.05, 3.63) is 64.7 Å². The van der Waals surface area contributed by atoms with Crippen molar-refractivity contribution in [3.8, 4) is 5.75 Å². The summed E-state index contributed by atoms with van der Waals surface area (Å²) < 4.78 is 5.09. The van der Waals surface area contributed by atoms with Crippen LogP contribution in [0.2, 0.25) is 5.02 Å². The fourth-order valence-electron chi connectivity index (χ4n) is 1.48. The lowest BCUT2D eigenvalue weighted by atomic mass is 10.2. The van der Waals surface area contributed by atoms with Gasteiger partial charge in [0.15, 0.2) is 0 Å². The van der Waals surface area contributed by atoms with E-state index in [4.69, 9.17) is 16.3 Å². The number of rotatable bonds is 3. The molecule has 0 fully saturated rings. The Morgan fingerprint density at radius 3 is 2.56 bits per heavy atom. The first-order valence-electron chi connectivity index (χ1n) is 5.37. The van der Waals surface area contributed by atoms with Gasteiger partial charge in [-0.1, -0.05) is 48.0 Å². The van der Waals surface area contributed by atoms with E-state index in [2.05, 4.69) is 0 Å². The van der Waals surface area contributed by atoms with Gasteiger partial charge in [0.25, 0.3) is 0 Å². The lowest BCUT2D eigenvalue weighted by Crippen LogP contribution is -2.05. The number of ether oxygens (including phenoxy) is 1. The molecule has 0 aromatic heterocycles. The summed E-state index contributed by atoms with van der Waals surface area (Å²) in [6.07, 6.45) is 0. The maximum Gasteiger partial charge on any atom is 0.342 e. The maximum absolute atomic E-state index is 11.8. The number of aromatic hydroxyl groups is 1. The highest BCUT2D eigenvalue weighted by molar-refractivity contribution is 6.32. The summed E-state index contributed by atoms with van der Waals surface area (Å²) in [7, 11) is 0. The second kappa shape index (κ2) is 5.56. The third-order valence-corrected chi connectivity index (χ3v) is 2.72. The van der Waals surface area contributed by atoms with Crippen LogP contribution < -0.4 is 0 Å². The van der Waals surface area contributed by atoms with Crippen LogP contribution in [0.3, 0.4) is 0 Å². The number of phenolic OH excluding ortho intramolecular Hbond substituents is 1. The van der Waals surface area contributed by atoms with E-state index in [1.54, 1.807) is 6.07 Å². The number of phenols is 1. The average Bonchev–Trinajstić information content (AvgIpc) is 2.40. The zero-order valence-electron chi connectivity index (χ0n) is 9.47. The number of carbonyl (C=O) groups is 1. The molecule has 2 rings (SSSR count). The van der Waals surface area contributed by atoms with Gasteiger partial charge in [-0.05, 0) is 17.7 Å². The number of para-hydroxylation sites is 1. The molecule has 0 atom stereocenters. The molecule has 92 valence electrons. The first-order valence-corrected chi connectivity index (χ1v) is 5.75. The molecule has 4 heteroatoms. The minimum atomic E-state index is -0.598. The van der Waals surface area contributed by atoms with Gasteiger partial charge >= 0.3 is 5.97 Å². The molecule has 1 N–H and O–H groups in total. The summed E-state index contributed by atoms with van der Waals surface area (Å²) in [5, 5.41) is 9.76. The molecule has 0 bridgehead atoms. The lowest BCUT2D eigenvalue weighted by Gasteiger charge is -2.07. The highest BCUT2D eigenvalue weighted by Crippen LogP contribution is 2.27. The molecule has 3 nitrogen and oxygen atoms in total. The molecule has 2 aromatic carbocycles. The number of benzene rings is 2. The molecular formula is C14H11ClO3. The third-order valence-electron chi connectivity index (χ3n) is 2.42. The zero-order valence-corrected chi connectivity index (χ0v) is 10.2. The van der Waals surface area contributed by atoms with E-state index in [-0.39, 0.29) is 22.9 Å². The topological polar surface area (TPSA) is 46.5 Å². The van der Waals surface area contributed by atoms with E-state index in [9.17, 15) is 9.90 Å². The Bertz CT molecular complexity index is 552. The number of esters is 1. The molecule has 0 radical (unpaired) electrons. The molecule has 0 heterocycles. The van der Waals surface area contributed by atoms with Crippen molar-refractivity contribution < 1.29 is 14.6 Å². The van der Waals surface area contributed by atoms with Crippen molar-refractivity contribution in [1.82, 2.24) is 0 Å². The van der Waals surface area contributed by atoms with Gasteiger partial charge in [0.2, 0.25) is 0 Å². The largest absolute Gasteiger partial charge is 0.505 e. The van der Waals surface area contributed by atoms with E-state index in [1.165, 1.54) is 12.1 Å². The quantitative estimate of drug-likeness (QED) is 0.863. The molecule has 0 amide bonds. The van der Waals surface area contributed by atoms with E-state index in [1.807, 2.05) is 30.3 Å². The van der Waals surface area contributed by atoms with E-state index >= 15 is 0 Å². The summed E-state index contributed by atoms with van der Waals surface area (Å²) in [5.41, 5.74) is 0.950. The highest BCUT2D eigenvalue weighted by atomic mass is 35.5. The standard InChI is InChI=1S/C14H11ClO3/c15-12-8-4-7-11(13(12)16)14(17)18-9-10-5-2-1-3-6-10/h1-8,16H,9H2. The van der Waals surface area contributed by atoms with Crippen molar-refractivity contribution in [2.45, 2.75) is 6.61 Å². The van der Waals surface area contributed by atoms with E-state index < -0.39 is 5.97 Å². The molecule has 0 spiro atoms. The summed E-state index contributed by atoms with van der Waals surface area (Å²) >= 11 is 5.72. The van der Waals surface area contributed by atoms with Crippen LogP contribution in [0.25, 0.3) is 0 Å². The smallest absolute Gasteiger partial charge is 0.342 e. The molecule has 0 aliphatic heterocycles. The van der Waals surface area contributed by atoms with Gasteiger partial charge in [0, 0.05) is 0 Å². The van der Waals surface area contributed by atoms with Gasteiger partial charge in [0.05, 0.1) is 5.02 Å². The minimum Gasteiger partial charge on any atom is -0.505 e. The molecule has 0 unspecified atom stereocenters. The predicted molar refractivity (Wildman–Crippen MR) is 68.7 cm³/mol. The monoisotopic (exact) mass is 262 g/mol. The molecule has 18 heavy (non-hydrogen) atoms. The Kier molecular flexibility index (Phi) is 3.85. The van der Waals surface area contributed by atoms with Crippen LogP contribution in [0.4, 0.5) is 0 Å². The normalized spacial score (nSPS) is 10.1. The Balaban J connectivity index is 2.07. The van der Waals surface area contributed by atoms with Crippen LogP contribution >= 0.6 is 11.6 Å². The van der Waals surface area contributed by atoms with Gasteiger partial charge in [-0.25, -0.2) is 4.79 Å². The molecule has 0 saturated carbocycles. The van der Waals surface area contributed by atoms with Gasteiger partial charge in [-0.2, -0.15) is 0 Å². The van der Waals surface area contributed by atoms with Gasteiger partial charge in [-0.15, -0.1) is 0 Å². The van der Waals surface area contributed by atoms with Crippen molar-refractivity contribution in [3.63, 3.8) is 0 Å². The Morgan fingerprint density at radius 2 is 1.83 bits per heavy atom. The molecule has 0 saturated heterocycles. The summed E-state index contributed by atoms with van der Waals surface area (Å²) in [6, 6.07) is 13.9. The fourth-order valence-corrected chi connectivity index (χ4v) is 1.66. The SMILES string of the molecule is O=C(OCc1ccccc1)c1cccc(Cl)c1O. The maximum atomic E-state index is 11.8. The van der Waals surface area contributed by atoms with Gasteiger partial charge in [-0.3, -0.25) is 0 Å². The number of hydrogen-bond donors (Lipinski definition) is 1. The van der Waals surface area contributed by atoms with Crippen LogP contribution in [-0.2, 0) is 11.3 Å². The summed E-state index contributed by atoms with van der Waals surface area (Å²) in [5.74, 6) is -0.851. The first kappa shape index (κ1) is 12.5. The average molecular weight is 263 g/mol. The Hall–Kier alpha value is -2.00. The van der Waals surface area contributed by atoms with Crippen LogP contribution in [-0.4, -0.2) is 11.1 Å². The van der Waals surface area contributed by atoms with Crippen LogP contribution in [0.15, 0.2) is 48.5 Å². The van der Waals surface area contributed by atoms with Gasteiger partial charge in [0.1, 0.15) is 17.9 Å². The van der Waals surface area contributed by atoms with E-state index in [0.717, 1.165) is 5.56 Å². The van der Waals surface area contributed by atoms with E-state index in [0.29, 0.717) is 0 Å². The van der Waals surface area contributed by atoms with Crippen molar-refractivity contribution in [2.24, 2.45) is 0 Å². The van der Waals surface area contributed by atoms with Crippen LogP contribution in [0, 0.1) is 0 Å². The zero-order chi connectivity index (χ0) is 13.0. The lowest BCUT2D eigenvalue weighted by molar-refractivity contribution is 0.0469. The summed E-state index contributed by atoms with van der Waals surface area (Å²) in [6.45, 7) is 0.158. The molecular weight excluding hydrogens is 252 g/mol. The Morgan fingerprint density at radius 1 is 1.11 bits per heavy atom. The number of carbonyl (C=O) groups excluding carboxylic acids is 1. The molecule has 0 aliphatic rings. The van der Waals surface area contributed by atoms with Crippen molar-refractivity contribution >= 4 is 17.6 Å². The highest BCUT2D eigenvalue weighted by Gasteiger charge is 2.14. The van der Waals surface area contributed by atoms with Crippen LogP contribution in [0.1, 0.15) is 15.9 Å². The van der Waals surface area contributed by atoms with Crippen molar-refractivity contribution in [2.75, 3.05) is 0 Å². The predicted octanol–water partition coefficient (Wildman–Crippen LogP) is 3.40.